The number of hydrogen-bond acceptors (Lipinski definition) is 10. The number of hydrogen-bond donors (Lipinski definition) is 2. The molecule has 1 unspecified atom stereocenters. The van der Waals surface area contributed by atoms with Gasteiger partial charge >= 0.3 is 18.2 Å². The van der Waals surface area contributed by atoms with Gasteiger partial charge in [0, 0.05) is 6.07 Å². The summed E-state index contributed by atoms with van der Waals surface area (Å²) in [4.78, 5) is 49.4. The standard InChI is InChI=1S/C32H42N2O10/c1-31(2,3)43-27(35)20-26(34-29(37)44-32(4,5)6)28(36)33-15-16-41-30(38)42-23-13-11-21(12-14-23)9-10-22-17-24(39-7)19-25(18-22)40-8/h9-14,17-19,26H,15-16,20H2,1-8H3,(H,33,36)(H,34,37)/b10-9+. The summed E-state index contributed by atoms with van der Waals surface area (Å²) in [5, 5.41) is 4.90. The average Bonchev–Trinajstić information content (AvgIpc) is 2.92. The Morgan fingerprint density at radius 2 is 1.34 bits per heavy atom. The smallest absolute Gasteiger partial charge is 0.497 e. The maximum absolute atomic E-state index is 12.7. The second-order valence-corrected chi connectivity index (χ2v) is 11.5. The lowest BCUT2D eigenvalue weighted by Gasteiger charge is -2.24. The molecular weight excluding hydrogens is 572 g/mol. The number of rotatable bonds is 12. The largest absolute Gasteiger partial charge is 0.513 e. The van der Waals surface area contributed by atoms with E-state index in [-0.39, 0.29) is 18.9 Å². The molecule has 0 aliphatic carbocycles. The van der Waals surface area contributed by atoms with Crippen LogP contribution in [0.3, 0.4) is 0 Å². The number of methoxy groups -OCH3 is 2. The van der Waals surface area contributed by atoms with E-state index in [0.29, 0.717) is 11.5 Å². The zero-order valence-corrected chi connectivity index (χ0v) is 26.5. The summed E-state index contributed by atoms with van der Waals surface area (Å²) in [5.74, 6) is 0.233. The molecule has 0 bridgehead atoms. The fraction of sp³-hybridized carbons (Fsp3) is 0.438. The highest BCUT2D eigenvalue weighted by Gasteiger charge is 2.29. The van der Waals surface area contributed by atoms with Crippen molar-refractivity contribution in [3.05, 3.63) is 53.6 Å². The van der Waals surface area contributed by atoms with Gasteiger partial charge in [-0.2, -0.15) is 0 Å². The van der Waals surface area contributed by atoms with Crippen LogP contribution in [0.1, 0.15) is 59.1 Å². The van der Waals surface area contributed by atoms with E-state index in [2.05, 4.69) is 10.6 Å². The van der Waals surface area contributed by atoms with Gasteiger partial charge < -0.3 is 39.1 Å². The van der Waals surface area contributed by atoms with Crippen LogP contribution in [0, 0.1) is 0 Å². The predicted octanol–water partition coefficient (Wildman–Crippen LogP) is 5.13. The highest BCUT2D eigenvalue weighted by atomic mass is 16.7. The van der Waals surface area contributed by atoms with Gasteiger partial charge in [-0.05, 0) is 76.9 Å². The van der Waals surface area contributed by atoms with Crippen molar-refractivity contribution in [1.29, 1.82) is 0 Å². The third-order valence-electron chi connectivity index (χ3n) is 5.34. The molecule has 2 amide bonds. The molecule has 1 atom stereocenters. The summed E-state index contributed by atoms with van der Waals surface area (Å²) >= 11 is 0. The van der Waals surface area contributed by atoms with E-state index in [4.69, 9.17) is 28.4 Å². The maximum Gasteiger partial charge on any atom is 0.513 e. The summed E-state index contributed by atoms with van der Waals surface area (Å²) in [6.45, 7) is 9.73. The number of ether oxygens (including phenoxy) is 6. The van der Waals surface area contributed by atoms with Gasteiger partial charge in [-0.3, -0.25) is 9.59 Å². The monoisotopic (exact) mass is 614 g/mol. The molecule has 0 heterocycles. The second kappa shape index (κ2) is 16.2. The van der Waals surface area contributed by atoms with E-state index in [0.717, 1.165) is 11.1 Å². The zero-order valence-electron chi connectivity index (χ0n) is 26.5. The Morgan fingerprint density at radius 3 is 1.89 bits per heavy atom. The summed E-state index contributed by atoms with van der Waals surface area (Å²) in [5.41, 5.74) is 0.152. The van der Waals surface area contributed by atoms with E-state index >= 15 is 0 Å². The van der Waals surface area contributed by atoms with E-state index in [1.54, 1.807) is 86.1 Å². The highest BCUT2D eigenvalue weighted by Crippen LogP contribution is 2.24. The van der Waals surface area contributed by atoms with E-state index < -0.39 is 47.8 Å². The molecule has 0 saturated carbocycles. The molecule has 2 aromatic carbocycles. The van der Waals surface area contributed by atoms with Crippen LogP contribution in [0.15, 0.2) is 42.5 Å². The van der Waals surface area contributed by atoms with Crippen LogP contribution in [-0.2, 0) is 23.8 Å². The Hall–Kier alpha value is -4.74. The quantitative estimate of drug-likeness (QED) is 0.108. The third kappa shape index (κ3) is 14.0. The second-order valence-electron chi connectivity index (χ2n) is 11.5. The van der Waals surface area contributed by atoms with Gasteiger partial charge in [-0.15, -0.1) is 0 Å². The molecule has 0 fully saturated rings. The fourth-order valence-electron chi connectivity index (χ4n) is 3.53. The van der Waals surface area contributed by atoms with Crippen molar-refractivity contribution in [2.24, 2.45) is 0 Å². The van der Waals surface area contributed by atoms with Crippen LogP contribution in [0.25, 0.3) is 12.2 Å². The van der Waals surface area contributed by atoms with Crippen LogP contribution < -0.4 is 24.8 Å². The van der Waals surface area contributed by atoms with Gasteiger partial charge in [0.1, 0.15) is 41.1 Å². The van der Waals surface area contributed by atoms with Crippen molar-refractivity contribution in [3.63, 3.8) is 0 Å². The minimum atomic E-state index is -1.27. The minimum absolute atomic E-state index is 0.104. The first kappa shape index (κ1) is 35.5. The molecule has 0 aromatic heterocycles. The molecule has 0 aliphatic heterocycles. The van der Waals surface area contributed by atoms with Crippen molar-refractivity contribution in [1.82, 2.24) is 10.6 Å². The number of carbonyl (C=O) groups excluding carboxylic acids is 4. The molecule has 2 N–H and O–H groups in total. The first-order chi connectivity index (χ1) is 20.6. The Kier molecular flexibility index (Phi) is 13.1. The van der Waals surface area contributed by atoms with Crippen molar-refractivity contribution in [2.75, 3.05) is 27.4 Å². The zero-order chi connectivity index (χ0) is 32.9. The van der Waals surface area contributed by atoms with Crippen LogP contribution in [0.4, 0.5) is 9.59 Å². The number of esters is 1. The molecule has 12 nitrogen and oxygen atoms in total. The lowest BCUT2D eigenvalue weighted by atomic mass is 10.1. The average molecular weight is 615 g/mol. The number of amides is 2. The van der Waals surface area contributed by atoms with E-state index in [9.17, 15) is 19.2 Å². The molecular formula is C32H42N2O10. The van der Waals surface area contributed by atoms with Gasteiger partial charge in [0.05, 0.1) is 27.2 Å². The lowest BCUT2D eigenvalue weighted by Crippen LogP contribution is -2.50. The van der Waals surface area contributed by atoms with Gasteiger partial charge in [0.15, 0.2) is 0 Å². The molecule has 12 heteroatoms. The van der Waals surface area contributed by atoms with Crippen LogP contribution in [-0.4, -0.2) is 68.7 Å². The number of alkyl carbamates (subject to hydrolysis) is 1. The Morgan fingerprint density at radius 1 is 0.773 bits per heavy atom. The highest BCUT2D eigenvalue weighted by molar-refractivity contribution is 5.89. The van der Waals surface area contributed by atoms with Crippen LogP contribution >= 0.6 is 0 Å². The van der Waals surface area contributed by atoms with Crippen molar-refractivity contribution in [3.8, 4) is 17.2 Å². The minimum Gasteiger partial charge on any atom is -0.497 e. The van der Waals surface area contributed by atoms with Gasteiger partial charge in [0.25, 0.3) is 0 Å². The fourth-order valence-corrected chi connectivity index (χ4v) is 3.53. The summed E-state index contributed by atoms with van der Waals surface area (Å²) < 4.78 is 31.2. The number of nitrogens with one attached hydrogen (secondary N) is 2. The molecule has 2 rings (SSSR count). The van der Waals surface area contributed by atoms with Crippen molar-refractivity contribution < 1.29 is 47.6 Å². The van der Waals surface area contributed by atoms with Gasteiger partial charge in [0.2, 0.25) is 5.91 Å². The van der Waals surface area contributed by atoms with E-state index in [1.165, 1.54) is 0 Å². The molecule has 0 radical (unpaired) electrons. The molecule has 240 valence electrons. The third-order valence-corrected chi connectivity index (χ3v) is 5.34. The number of carbonyl (C=O) groups is 4. The summed E-state index contributed by atoms with van der Waals surface area (Å²) in [6, 6.07) is 11.0. The molecule has 0 saturated heterocycles. The normalized spacial score (nSPS) is 12.1. The Bertz CT molecular complexity index is 1260. The SMILES string of the molecule is COc1cc(/C=C/c2ccc(OC(=O)OCCNC(=O)C(CC(=O)OC(C)(C)C)NC(=O)OC(C)(C)C)cc2)cc(OC)c1. The van der Waals surface area contributed by atoms with Crippen LogP contribution in [0.2, 0.25) is 0 Å². The Balaban J connectivity index is 1.86. The molecule has 0 spiro atoms. The van der Waals surface area contributed by atoms with Crippen molar-refractivity contribution >= 4 is 36.3 Å². The van der Waals surface area contributed by atoms with Crippen LogP contribution in [0.5, 0.6) is 17.2 Å². The molecule has 2 aromatic rings. The summed E-state index contributed by atoms with van der Waals surface area (Å²) in [7, 11) is 3.16. The Labute approximate surface area is 258 Å². The molecule has 0 aliphatic rings. The van der Waals surface area contributed by atoms with Gasteiger partial charge in [-0.25, -0.2) is 9.59 Å². The lowest BCUT2D eigenvalue weighted by molar-refractivity contribution is -0.156. The number of benzene rings is 2. The topological polar surface area (TPSA) is 148 Å². The summed E-state index contributed by atoms with van der Waals surface area (Å²) in [6.07, 6.45) is 1.51. The van der Waals surface area contributed by atoms with E-state index in [1.807, 2.05) is 24.3 Å². The molecule has 44 heavy (non-hydrogen) atoms. The first-order valence-electron chi connectivity index (χ1n) is 13.9. The van der Waals surface area contributed by atoms with Gasteiger partial charge in [-0.1, -0.05) is 24.3 Å². The first-order valence-corrected chi connectivity index (χ1v) is 13.9. The van der Waals surface area contributed by atoms with Crippen molar-refractivity contribution in [2.45, 2.75) is 65.2 Å². The predicted molar refractivity (Wildman–Crippen MR) is 164 cm³/mol. The maximum atomic E-state index is 12.7.